The maximum atomic E-state index is 12.9. The lowest BCUT2D eigenvalue weighted by Gasteiger charge is -2.39. The van der Waals surface area contributed by atoms with Gasteiger partial charge in [-0.1, -0.05) is 12.1 Å². The summed E-state index contributed by atoms with van der Waals surface area (Å²) in [5.74, 6) is 2.13. The van der Waals surface area contributed by atoms with Gasteiger partial charge < -0.3 is 5.32 Å². The lowest BCUT2D eigenvalue weighted by Crippen LogP contribution is -2.47. The van der Waals surface area contributed by atoms with Crippen LogP contribution in [0.25, 0.3) is 0 Å². The van der Waals surface area contributed by atoms with Gasteiger partial charge in [0.1, 0.15) is 5.82 Å². The molecule has 0 amide bonds. The molecule has 3 rings (SSSR count). The molecule has 0 spiro atoms. The maximum absolute atomic E-state index is 12.9. The van der Waals surface area contributed by atoms with E-state index in [1.165, 1.54) is 5.56 Å². The van der Waals surface area contributed by atoms with Gasteiger partial charge in [-0.25, -0.2) is 4.39 Å². The van der Waals surface area contributed by atoms with Gasteiger partial charge >= 0.3 is 0 Å². The predicted octanol–water partition coefficient (Wildman–Crippen LogP) is 2.57. The van der Waals surface area contributed by atoms with Crippen molar-refractivity contribution in [2.45, 2.75) is 43.7 Å². The van der Waals surface area contributed by atoms with Crippen LogP contribution in [0.5, 0.6) is 0 Å². The molecule has 1 aromatic carbocycles. The average Bonchev–Trinajstić information content (AvgIpc) is 2.37. The third-order valence-electron chi connectivity index (χ3n) is 4.34. The molecule has 1 heterocycles. The van der Waals surface area contributed by atoms with Crippen molar-refractivity contribution in [3.05, 3.63) is 35.6 Å². The summed E-state index contributed by atoms with van der Waals surface area (Å²) in [5, 5.41) is 3.68. The molecule has 19 heavy (non-hydrogen) atoms. The Labute approximate surface area is 116 Å². The second-order valence-electron chi connectivity index (χ2n) is 5.71. The fraction of sp³-hybridized carbons (Fsp3) is 0.600. The van der Waals surface area contributed by atoms with Crippen LogP contribution < -0.4 is 5.32 Å². The van der Waals surface area contributed by atoms with Crippen molar-refractivity contribution in [3.63, 3.8) is 0 Å². The SMILES string of the molecule is O=S1CCC(NC2CC(c3ccc(F)cc3)C2)CC1. The Morgan fingerprint density at radius 1 is 1.05 bits per heavy atom. The minimum absolute atomic E-state index is 0.159. The zero-order chi connectivity index (χ0) is 13.2. The van der Waals surface area contributed by atoms with E-state index in [1.54, 1.807) is 12.1 Å². The van der Waals surface area contributed by atoms with Crippen molar-refractivity contribution in [2.24, 2.45) is 0 Å². The molecule has 1 aromatic rings. The Morgan fingerprint density at radius 2 is 1.68 bits per heavy atom. The van der Waals surface area contributed by atoms with Crippen molar-refractivity contribution in [3.8, 4) is 0 Å². The van der Waals surface area contributed by atoms with Crippen LogP contribution in [0, 0.1) is 5.82 Å². The first-order chi connectivity index (χ1) is 9.20. The topological polar surface area (TPSA) is 29.1 Å². The van der Waals surface area contributed by atoms with Crippen molar-refractivity contribution in [1.29, 1.82) is 0 Å². The van der Waals surface area contributed by atoms with Gasteiger partial charge in [-0.3, -0.25) is 4.21 Å². The van der Waals surface area contributed by atoms with Crippen molar-refractivity contribution >= 4 is 10.8 Å². The molecule has 0 radical (unpaired) electrons. The number of hydrogen-bond donors (Lipinski definition) is 1. The monoisotopic (exact) mass is 281 g/mol. The first-order valence-corrected chi connectivity index (χ1v) is 8.56. The number of rotatable bonds is 3. The number of nitrogens with one attached hydrogen (secondary N) is 1. The van der Waals surface area contributed by atoms with Gasteiger partial charge in [0.15, 0.2) is 0 Å². The van der Waals surface area contributed by atoms with E-state index in [1.807, 2.05) is 12.1 Å². The predicted molar refractivity (Wildman–Crippen MR) is 76.2 cm³/mol. The van der Waals surface area contributed by atoms with Crippen LogP contribution in [0.2, 0.25) is 0 Å². The lowest BCUT2D eigenvalue weighted by atomic mass is 9.75. The van der Waals surface area contributed by atoms with Crippen LogP contribution >= 0.6 is 0 Å². The van der Waals surface area contributed by atoms with Crippen LogP contribution in [-0.4, -0.2) is 27.8 Å². The van der Waals surface area contributed by atoms with Crippen LogP contribution in [0.1, 0.15) is 37.2 Å². The van der Waals surface area contributed by atoms with E-state index in [2.05, 4.69) is 5.32 Å². The molecule has 1 saturated heterocycles. The third-order valence-corrected chi connectivity index (χ3v) is 5.72. The lowest BCUT2D eigenvalue weighted by molar-refractivity contribution is 0.258. The van der Waals surface area contributed by atoms with Crippen molar-refractivity contribution in [1.82, 2.24) is 5.32 Å². The summed E-state index contributed by atoms with van der Waals surface area (Å²) in [4.78, 5) is 0. The maximum Gasteiger partial charge on any atom is 0.123 e. The van der Waals surface area contributed by atoms with Crippen LogP contribution in [0.15, 0.2) is 24.3 Å². The van der Waals surface area contributed by atoms with Gasteiger partial charge in [0.05, 0.1) is 0 Å². The summed E-state index contributed by atoms with van der Waals surface area (Å²) in [6.07, 6.45) is 4.38. The molecule has 2 nitrogen and oxygen atoms in total. The van der Waals surface area contributed by atoms with Gasteiger partial charge in [-0.2, -0.15) is 0 Å². The summed E-state index contributed by atoms with van der Waals surface area (Å²) in [5.41, 5.74) is 1.25. The molecular formula is C15H20FNOS. The largest absolute Gasteiger partial charge is 0.311 e. The fourth-order valence-electron chi connectivity index (χ4n) is 3.05. The Hall–Kier alpha value is -0.740. The fourth-order valence-corrected chi connectivity index (χ4v) is 4.35. The zero-order valence-electron chi connectivity index (χ0n) is 11.0. The van der Waals surface area contributed by atoms with Gasteiger partial charge in [0, 0.05) is 34.4 Å². The van der Waals surface area contributed by atoms with Crippen LogP contribution in [0.4, 0.5) is 4.39 Å². The highest BCUT2D eigenvalue weighted by Crippen LogP contribution is 2.37. The highest BCUT2D eigenvalue weighted by molar-refractivity contribution is 7.85. The molecule has 0 aromatic heterocycles. The normalized spacial score (nSPS) is 34.8. The molecule has 2 aliphatic rings. The minimum Gasteiger partial charge on any atom is -0.311 e. The molecule has 0 atom stereocenters. The standard InChI is InChI=1S/C15H20FNOS/c16-13-3-1-11(2-4-13)12-9-15(10-12)17-14-5-7-19(18)8-6-14/h1-4,12,14-15,17H,5-10H2. The van der Waals surface area contributed by atoms with E-state index >= 15 is 0 Å². The van der Waals surface area contributed by atoms with Crippen LogP contribution in [-0.2, 0) is 10.8 Å². The first-order valence-electron chi connectivity index (χ1n) is 7.07. The molecule has 1 N–H and O–H groups in total. The molecule has 0 unspecified atom stereocenters. The zero-order valence-corrected chi connectivity index (χ0v) is 11.8. The summed E-state index contributed by atoms with van der Waals surface area (Å²) < 4.78 is 24.1. The first kappa shape index (κ1) is 13.3. The van der Waals surface area contributed by atoms with Crippen molar-refractivity contribution in [2.75, 3.05) is 11.5 Å². The van der Waals surface area contributed by atoms with Crippen molar-refractivity contribution < 1.29 is 8.60 Å². The minimum atomic E-state index is -0.574. The molecule has 4 heteroatoms. The molecule has 104 valence electrons. The second kappa shape index (κ2) is 5.71. The van der Waals surface area contributed by atoms with Gasteiger partial charge in [0.2, 0.25) is 0 Å². The molecule has 1 saturated carbocycles. The smallest absolute Gasteiger partial charge is 0.123 e. The number of benzene rings is 1. The molecule has 2 fully saturated rings. The van der Waals surface area contributed by atoms with Gasteiger partial charge in [-0.15, -0.1) is 0 Å². The third kappa shape index (κ3) is 3.23. The van der Waals surface area contributed by atoms with Gasteiger partial charge in [-0.05, 0) is 49.3 Å². The van der Waals surface area contributed by atoms with E-state index in [9.17, 15) is 8.60 Å². The summed E-state index contributed by atoms with van der Waals surface area (Å²) >= 11 is 0. The van der Waals surface area contributed by atoms with E-state index in [4.69, 9.17) is 0 Å². The Kier molecular flexibility index (Phi) is 3.99. The number of hydrogen-bond acceptors (Lipinski definition) is 2. The van der Waals surface area contributed by atoms with E-state index in [-0.39, 0.29) is 5.82 Å². The average molecular weight is 281 g/mol. The molecule has 1 aliphatic heterocycles. The van der Waals surface area contributed by atoms with Crippen LogP contribution in [0.3, 0.4) is 0 Å². The summed E-state index contributed by atoms with van der Waals surface area (Å²) in [6.45, 7) is 0. The Balaban J connectivity index is 1.45. The summed E-state index contributed by atoms with van der Waals surface area (Å²) in [7, 11) is -0.574. The Bertz CT molecular complexity index is 446. The molecule has 0 bridgehead atoms. The second-order valence-corrected chi connectivity index (χ2v) is 7.40. The molecule has 1 aliphatic carbocycles. The summed E-state index contributed by atoms with van der Waals surface area (Å²) in [6, 6.07) is 8.04. The highest BCUT2D eigenvalue weighted by atomic mass is 32.2. The highest BCUT2D eigenvalue weighted by Gasteiger charge is 2.32. The number of halogens is 1. The quantitative estimate of drug-likeness (QED) is 0.922. The van der Waals surface area contributed by atoms with E-state index in [0.717, 1.165) is 37.2 Å². The van der Waals surface area contributed by atoms with E-state index in [0.29, 0.717) is 18.0 Å². The van der Waals surface area contributed by atoms with Gasteiger partial charge in [0.25, 0.3) is 0 Å². The molecular weight excluding hydrogens is 261 g/mol. The Morgan fingerprint density at radius 3 is 2.32 bits per heavy atom. The van der Waals surface area contributed by atoms with E-state index < -0.39 is 10.8 Å².